The van der Waals surface area contributed by atoms with Gasteiger partial charge in [0, 0.05) is 9.86 Å². The summed E-state index contributed by atoms with van der Waals surface area (Å²) in [6.07, 6.45) is 0. The van der Waals surface area contributed by atoms with E-state index in [0.717, 1.165) is 15.4 Å². The number of amides is 1. The average molecular weight is 353 g/mol. The second-order valence-corrected chi connectivity index (χ2v) is 6.43. The molecule has 0 aliphatic carbocycles. The molecule has 1 unspecified atom stereocenters. The van der Waals surface area contributed by atoms with Crippen LogP contribution in [0.3, 0.4) is 0 Å². The zero-order valence-corrected chi connectivity index (χ0v) is 12.7. The summed E-state index contributed by atoms with van der Waals surface area (Å²) >= 11 is 4.62. The normalized spacial score (nSPS) is 19.2. The molecule has 0 saturated carbocycles. The molecule has 2 N–H and O–H groups in total. The number of hydrogen-bond donors (Lipinski definition) is 2. The molecule has 0 bridgehead atoms. The smallest absolute Gasteiger partial charge is 0.261 e. The number of H-pyrrole nitrogens is 1. The maximum Gasteiger partial charge on any atom is 0.261 e. The fourth-order valence-electron chi connectivity index (χ4n) is 1.80. The third-order valence-electron chi connectivity index (χ3n) is 2.79. The van der Waals surface area contributed by atoms with E-state index in [-0.39, 0.29) is 17.0 Å². The van der Waals surface area contributed by atoms with Gasteiger partial charge in [0.2, 0.25) is 11.0 Å². The number of aromatic nitrogens is 1. The third-order valence-corrected chi connectivity index (χ3v) is 4.22. The van der Waals surface area contributed by atoms with Crippen molar-refractivity contribution >= 4 is 55.4 Å². The molecule has 20 heavy (non-hydrogen) atoms. The lowest BCUT2D eigenvalue weighted by molar-refractivity contribution is -0.116. The van der Waals surface area contributed by atoms with Crippen LogP contribution >= 0.6 is 27.7 Å². The fraction of sp³-hybridized carbons (Fsp3) is 0.167. The van der Waals surface area contributed by atoms with Crippen LogP contribution in [0.15, 0.2) is 37.9 Å². The molecule has 0 spiro atoms. The molecular formula is C12H9BrN4O2S. The summed E-state index contributed by atoms with van der Waals surface area (Å²) in [7, 11) is 0. The highest BCUT2D eigenvalue weighted by molar-refractivity contribution is 9.10. The number of carbonyl (C=O) groups excluding carboxylic acids is 1. The number of nitrogens with zero attached hydrogens (tertiary/aromatic N) is 3. The highest BCUT2D eigenvalue weighted by Crippen LogP contribution is 2.37. The summed E-state index contributed by atoms with van der Waals surface area (Å²) < 4.78 is 0.872. The number of amidine groups is 1. The van der Waals surface area contributed by atoms with Crippen LogP contribution in [-0.2, 0) is 4.79 Å². The first-order valence-electron chi connectivity index (χ1n) is 5.76. The minimum atomic E-state index is -0.227. The Kier molecular flexibility index (Phi) is 3.35. The summed E-state index contributed by atoms with van der Waals surface area (Å²) in [6.45, 7) is 1.76. The van der Waals surface area contributed by atoms with Crippen molar-refractivity contribution in [3.8, 4) is 5.88 Å². The van der Waals surface area contributed by atoms with Crippen molar-refractivity contribution in [3.63, 3.8) is 0 Å². The van der Waals surface area contributed by atoms with Crippen LogP contribution in [0.1, 0.15) is 6.92 Å². The average Bonchev–Trinajstić information content (AvgIpc) is 2.87. The van der Waals surface area contributed by atoms with Crippen LogP contribution in [0, 0.1) is 0 Å². The van der Waals surface area contributed by atoms with Crippen LogP contribution in [0.5, 0.6) is 5.88 Å². The lowest BCUT2D eigenvalue weighted by Gasteiger charge is -1.94. The van der Waals surface area contributed by atoms with Crippen LogP contribution in [0.4, 0.5) is 5.69 Å². The summed E-state index contributed by atoms with van der Waals surface area (Å²) in [5.74, 6) is -0.278. The van der Waals surface area contributed by atoms with Crippen molar-refractivity contribution < 1.29 is 9.90 Å². The van der Waals surface area contributed by atoms with Gasteiger partial charge in [0.15, 0.2) is 5.69 Å². The molecule has 102 valence electrons. The second-order valence-electron chi connectivity index (χ2n) is 4.20. The van der Waals surface area contributed by atoms with Crippen LogP contribution in [0.2, 0.25) is 0 Å². The van der Waals surface area contributed by atoms with E-state index in [9.17, 15) is 9.90 Å². The third kappa shape index (κ3) is 2.36. The molecular weight excluding hydrogens is 344 g/mol. The van der Waals surface area contributed by atoms with Crippen molar-refractivity contribution in [1.82, 2.24) is 4.98 Å². The summed E-state index contributed by atoms with van der Waals surface area (Å²) in [5.41, 5.74) is 1.08. The number of aromatic amines is 1. The number of aromatic hydroxyl groups is 1. The zero-order valence-electron chi connectivity index (χ0n) is 10.3. The van der Waals surface area contributed by atoms with Gasteiger partial charge in [0.05, 0.1) is 10.8 Å². The Bertz CT molecular complexity index is 768. The van der Waals surface area contributed by atoms with E-state index < -0.39 is 0 Å². The maximum atomic E-state index is 11.3. The molecule has 2 heterocycles. The van der Waals surface area contributed by atoms with E-state index in [4.69, 9.17) is 0 Å². The van der Waals surface area contributed by atoms with Gasteiger partial charge < -0.3 is 10.1 Å². The number of carbonyl (C=O) groups is 1. The van der Waals surface area contributed by atoms with Gasteiger partial charge in [-0.1, -0.05) is 27.7 Å². The van der Waals surface area contributed by atoms with E-state index in [1.54, 1.807) is 6.92 Å². The molecule has 1 aliphatic heterocycles. The van der Waals surface area contributed by atoms with E-state index in [0.29, 0.717) is 10.9 Å². The first-order valence-corrected chi connectivity index (χ1v) is 7.43. The number of thioether (sulfide) groups is 1. The number of rotatable bonds is 1. The Balaban J connectivity index is 1.99. The second kappa shape index (κ2) is 5.02. The van der Waals surface area contributed by atoms with Gasteiger partial charge in [0.25, 0.3) is 5.91 Å². The molecule has 0 saturated heterocycles. The molecule has 8 heteroatoms. The SMILES string of the molecule is CC1SC(N=Nc2c(O)[nH]c3ccc(Br)cc23)=NC1=O. The summed E-state index contributed by atoms with van der Waals surface area (Å²) in [6, 6.07) is 5.51. The Hall–Kier alpha value is -1.67. The van der Waals surface area contributed by atoms with Crippen molar-refractivity contribution in [2.24, 2.45) is 15.2 Å². The van der Waals surface area contributed by atoms with Crippen molar-refractivity contribution in [2.45, 2.75) is 12.2 Å². The van der Waals surface area contributed by atoms with Gasteiger partial charge in [-0.15, -0.1) is 10.2 Å². The zero-order chi connectivity index (χ0) is 14.3. The fourth-order valence-corrected chi connectivity index (χ4v) is 2.86. The van der Waals surface area contributed by atoms with Gasteiger partial charge in [-0.05, 0) is 25.1 Å². The molecule has 6 nitrogen and oxygen atoms in total. The van der Waals surface area contributed by atoms with E-state index in [1.807, 2.05) is 18.2 Å². The number of benzene rings is 1. The largest absolute Gasteiger partial charge is 0.493 e. The Morgan fingerprint density at radius 2 is 2.25 bits per heavy atom. The monoisotopic (exact) mass is 352 g/mol. The molecule has 1 amide bonds. The Morgan fingerprint density at radius 1 is 1.45 bits per heavy atom. The number of azo groups is 1. The molecule has 1 aromatic heterocycles. The lowest BCUT2D eigenvalue weighted by Crippen LogP contribution is -2.02. The molecule has 0 fully saturated rings. The molecule has 0 radical (unpaired) electrons. The number of halogens is 1. The van der Waals surface area contributed by atoms with E-state index >= 15 is 0 Å². The first-order chi connectivity index (χ1) is 9.54. The molecule has 3 rings (SSSR count). The van der Waals surface area contributed by atoms with Crippen LogP contribution in [-0.4, -0.2) is 26.4 Å². The number of nitrogens with one attached hydrogen (secondary N) is 1. The molecule has 1 aliphatic rings. The summed E-state index contributed by atoms with van der Waals surface area (Å²) in [5, 5.41) is 18.6. The van der Waals surface area contributed by atoms with Gasteiger partial charge in [-0.3, -0.25) is 4.79 Å². The van der Waals surface area contributed by atoms with E-state index in [2.05, 4.69) is 36.1 Å². The maximum absolute atomic E-state index is 11.3. The van der Waals surface area contributed by atoms with Crippen LogP contribution < -0.4 is 0 Å². The summed E-state index contributed by atoms with van der Waals surface area (Å²) in [4.78, 5) is 17.9. The highest BCUT2D eigenvalue weighted by Gasteiger charge is 2.24. The predicted octanol–water partition coefficient (Wildman–Crippen LogP) is 3.74. The highest BCUT2D eigenvalue weighted by atomic mass is 79.9. The Labute approximate surface area is 126 Å². The first kappa shape index (κ1) is 13.3. The standard InChI is InChI=1S/C12H9BrN4O2S/c1-5-10(18)15-12(20-5)17-16-9-7-4-6(13)2-3-8(7)14-11(9)19/h2-5,14,19H,1H3. The quantitative estimate of drug-likeness (QED) is 0.766. The lowest BCUT2D eigenvalue weighted by atomic mass is 10.2. The minimum absolute atomic E-state index is 0.0650. The number of aliphatic imine (C=N–C) groups is 1. The molecule has 2 aromatic rings. The predicted molar refractivity (Wildman–Crippen MR) is 81.7 cm³/mol. The Morgan fingerprint density at radius 3 is 2.95 bits per heavy atom. The van der Waals surface area contributed by atoms with Crippen molar-refractivity contribution in [3.05, 3.63) is 22.7 Å². The molecule has 1 aromatic carbocycles. The van der Waals surface area contributed by atoms with Gasteiger partial charge in [-0.25, -0.2) is 0 Å². The van der Waals surface area contributed by atoms with Gasteiger partial charge in [0.1, 0.15) is 0 Å². The number of fused-ring (bicyclic) bond motifs is 1. The van der Waals surface area contributed by atoms with Gasteiger partial charge >= 0.3 is 0 Å². The molecule has 1 atom stereocenters. The van der Waals surface area contributed by atoms with E-state index in [1.165, 1.54) is 11.8 Å². The topological polar surface area (TPSA) is 90.2 Å². The minimum Gasteiger partial charge on any atom is -0.493 e. The van der Waals surface area contributed by atoms with Crippen LogP contribution in [0.25, 0.3) is 10.9 Å². The van der Waals surface area contributed by atoms with Crippen molar-refractivity contribution in [2.75, 3.05) is 0 Å². The van der Waals surface area contributed by atoms with Crippen molar-refractivity contribution in [1.29, 1.82) is 0 Å². The van der Waals surface area contributed by atoms with Gasteiger partial charge in [-0.2, -0.15) is 4.99 Å². The number of hydrogen-bond acceptors (Lipinski definition) is 5.